The molecule has 0 saturated carbocycles. The number of nitrogens with zero attached hydrogens (tertiary/aromatic N) is 3. The Kier molecular flexibility index (Phi) is 18.2. The van der Waals surface area contributed by atoms with Gasteiger partial charge in [0.1, 0.15) is 0 Å². The van der Waals surface area contributed by atoms with E-state index in [2.05, 4.69) is 467 Å². The Morgan fingerprint density at radius 3 is 1.16 bits per heavy atom. The Morgan fingerprint density at radius 2 is 0.630 bits per heavy atom. The fraction of sp³-hybridized carbons (Fsp3) is 0.00885. The summed E-state index contributed by atoms with van der Waals surface area (Å²) in [6.07, 6.45) is 0.940. The first kappa shape index (κ1) is 71.3. The molecule has 0 spiro atoms. The molecule has 2 aromatic heterocycles. The highest BCUT2D eigenvalue weighted by molar-refractivity contribution is 9.10. The number of thiophene rings is 2. The third kappa shape index (κ3) is 13.0. The van der Waals surface area contributed by atoms with Crippen LogP contribution in [0.25, 0.3) is 150 Å². The van der Waals surface area contributed by atoms with Gasteiger partial charge in [-0.1, -0.05) is 301 Å². The topological polar surface area (TPSA) is 9.72 Å². The lowest BCUT2D eigenvalue weighted by molar-refractivity contribution is 1.22. The molecule has 24 rings (SSSR count). The van der Waals surface area contributed by atoms with E-state index < -0.39 is 0 Å². The van der Waals surface area contributed by atoms with Gasteiger partial charge in [-0.05, 0) is 263 Å². The Morgan fingerprint density at radius 1 is 0.235 bits per heavy atom. The molecule has 1 aliphatic carbocycles. The Bertz CT molecular complexity index is 7570. The van der Waals surface area contributed by atoms with Gasteiger partial charge < -0.3 is 14.7 Å². The first-order valence-electron chi connectivity index (χ1n) is 40.6. The normalized spacial score (nSPS) is 11.9. The fourth-order valence-corrected chi connectivity index (χ4v) is 20.9. The number of hydrogen-bond acceptors (Lipinski definition) is 5. The van der Waals surface area contributed by atoms with Crippen LogP contribution in [0.4, 0.5) is 51.2 Å². The number of hydrogen-bond donors (Lipinski definition) is 0. The highest BCUT2D eigenvalue weighted by Crippen LogP contribution is 2.57. The quantitative estimate of drug-likeness (QED) is 0.128. The maximum Gasteiger partial charge on any atom is 0.0619 e. The first-order valence-corrected chi connectivity index (χ1v) is 43.0. The van der Waals surface area contributed by atoms with E-state index in [1.165, 1.54) is 173 Å². The van der Waals surface area contributed by atoms with E-state index in [0.29, 0.717) is 0 Å². The minimum absolute atomic E-state index is 0.940. The van der Waals surface area contributed by atoms with Crippen LogP contribution in [0.2, 0.25) is 0 Å². The van der Waals surface area contributed by atoms with E-state index >= 15 is 0 Å². The van der Waals surface area contributed by atoms with Crippen molar-refractivity contribution in [1.82, 2.24) is 0 Å². The minimum Gasteiger partial charge on any atom is -0.310 e. The second-order valence-corrected chi connectivity index (χ2v) is 33.8. The number of anilines is 9. The lowest BCUT2D eigenvalue weighted by Crippen LogP contribution is -2.16. The van der Waals surface area contributed by atoms with E-state index in [9.17, 15) is 0 Å². The molecule has 0 atom stereocenters. The average molecular weight is 1620 g/mol. The second kappa shape index (κ2) is 30.4. The lowest BCUT2D eigenvalue weighted by Gasteiger charge is -2.35. The largest absolute Gasteiger partial charge is 0.310 e. The van der Waals surface area contributed by atoms with Crippen molar-refractivity contribution in [2.24, 2.45) is 0 Å². The molecule has 1 aliphatic heterocycles. The summed E-state index contributed by atoms with van der Waals surface area (Å²) in [7, 11) is 0. The molecule has 2 aliphatic rings. The summed E-state index contributed by atoms with van der Waals surface area (Å²) in [5.74, 6) is 0. The van der Waals surface area contributed by atoms with Gasteiger partial charge in [0.05, 0.1) is 11.4 Å². The monoisotopic (exact) mass is 1620 g/mol. The van der Waals surface area contributed by atoms with Crippen LogP contribution in [0.15, 0.2) is 441 Å². The van der Waals surface area contributed by atoms with E-state index in [1.807, 2.05) is 22.7 Å². The van der Waals surface area contributed by atoms with E-state index in [1.54, 1.807) is 0 Å². The predicted molar refractivity (Wildman–Crippen MR) is 516 cm³/mol. The van der Waals surface area contributed by atoms with Gasteiger partial charge in [-0.2, -0.15) is 0 Å². The van der Waals surface area contributed by atoms with Crippen molar-refractivity contribution >= 4 is 173 Å². The molecule has 0 radical (unpaired) electrons. The van der Waals surface area contributed by atoms with Crippen LogP contribution in [-0.4, -0.2) is 0 Å². The molecule has 119 heavy (non-hydrogen) atoms. The van der Waals surface area contributed by atoms with Crippen LogP contribution >= 0.6 is 38.6 Å². The molecule has 0 N–H and O–H groups in total. The highest BCUT2D eigenvalue weighted by Gasteiger charge is 2.31. The molecule has 6 heteroatoms. The minimum atomic E-state index is 0.940. The lowest BCUT2D eigenvalue weighted by atomic mass is 9.79. The Labute approximate surface area is 707 Å². The van der Waals surface area contributed by atoms with Gasteiger partial charge in [0, 0.05) is 101 Å². The number of rotatable bonds is 11. The van der Waals surface area contributed by atoms with Crippen LogP contribution < -0.4 is 14.7 Å². The zero-order chi connectivity index (χ0) is 78.9. The number of halogens is 1. The molecule has 560 valence electrons. The molecule has 22 aromatic rings. The zero-order valence-corrected chi connectivity index (χ0v) is 68.0. The summed E-state index contributed by atoms with van der Waals surface area (Å²) in [6.45, 7) is 0. The van der Waals surface area contributed by atoms with Crippen molar-refractivity contribution < 1.29 is 0 Å². The molecular weight excluding hydrogens is 1540 g/mol. The van der Waals surface area contributed by atoms with E-state index in [4.69, 9.17) is 0 Å². The second-order valence-electron chi connectivity index (χ2n) is 30.7. The zero-order valence-electron chi connectivity index (χ0n) is 64.8. The predicted octanol–water partition coefficient (Wildman–Crippen LogP) is 33.8. The summed E-state index contributed by atoms with van der Waals surface area (Å²) in [6, 6.07) is 159. The molecule has 0 fully saturated rings. The number of benzene rings is 20. The van der Waals surface area contributed by atoms with Crippen LogP contribution in [0.3, 0.4) is 0 Å². The molecule has 0 saturated heterocycles. The number of fused-ring (bicyclic) bond motifs is 14. The molecule has 3 heterocycles. The van der Waals surface area contributed by atoms with Crippen molar-refractivity contribution in [3.63, 3.8) is 0 Å². The van der Waals surface area contributed by atoms with E-state index in [0.717, 1.165) is 50.7 Å². The standard InChI is InChI=1S/C56H36N2S.C45H31N.C12H7BrS/c1-4-16-37(17-5-1)39-32-40(34-44(33-39)57(41-20-6-2-7-21-41)42-22-8-3-9-23-42)49-36-51-47-27-14-18-38-19-15-28-52(55(38)47)58(56(51)48-26-11-10-24-45(48)49)43-30-31-54-50(35-43)46-25-12-13-29-53(46)59-54;1-4-14-31(15-5-1)34-26-35(28-38(27-34)46(36-19-6-2-7-20-36)37-21-8-3-9-22-37)42-30-44-41-25-13-17-32-16-12-18-33(45(32)41)29-43(44)40-24-11-10-23-39(40)42;13-8-5-6-12-10(7-8)9-3-1-2-4-11(9)14-12/h1-36H;1-28,30H,29H2;1-7H. The summed E-state index contributed by atoms with van der Waals surface area (Å²) in [5.41, 5.74) is 27.9. The van der Waals surface area contributed by atoms with Gasteiger partial charge >= 0.3 is 0 Å². The maximum absolute atomic E-state index is 3.51. The highest BCUT2D eigenvalue weighted by atomic mass is 79.9. The van der Waals surface area contributed by atoms with Gasteiger partial charge in [0.15, 0.2) is 0 Å². The van der Waals surface area contributed by atoms with Crippen molar-refractivity contribution in [2.45, 2.75) is 6.42 Å². The molecular formula is C113H74BrN3S2. The smallest absolute Gasteiger partial charge is 0.0619 e. The maximum atomic E-state index is 3.51. The van der Waals surface area contributed by atoms with Crippen LogP contribution in [-0.2, 0) is 6.42 Å². The van der Waals surface area contributed by atoms with E-state index in [-0.39, 0.29) is 0 Å². The van der Waals surface area contributed by atoms with Gasteiger partial charge in [-0.25, -0.2) is 0 Å². The van der Waals surface area contributed by atoms with Gasteiger partial charge in [-0.3, -0.25) is 0 Å². The van der Waals surface area contributed by atoms with Crippen molar-refractivity contribution in [2.75, 3.05) is 14.7 Å². The van der Waals surface area contributed by atoms with Gasteiger partial charge in [0.2, 0.25) is 0 Å². The van der Waals surface area contributed by atoms with Gasteiger partial charge in [0.25, 0.3) is 0 Å². The van der Waals surface area contributed by atoms with Gasteiger partial charge in [-0.15, -0.1) is 22.7 Å². The SMILES string of the molecule is Brc1ccc2sc3ccccc3c2c1.c1ccc(-c2cc(-c3cc4c(c5ccccc35)Cc3cccc5cccc-4c35)cc(N(c3ccccc3)c3ccccc3)c2)cc1.c1ccc(-c2cc(-c3cc4c(c5ccccc35)N(c3ccc5sc6ccccc6c5c3)c3cccc5cccc-4c35)cc(N(c3ccccc3)c3ccccc3)c2)cc1. The van der Waals surface area contributed by atoms with Crippen molar-refractivity contribution in [3.05, 3.63) is 452 Å². The third-order valence-electron chi connectivity index (χ3n) is 23.7. The molecule has 0 unspecified atom stereocenters. The van der Waals surface area contributed by atoms with Crippen LogP contribution in [0, 0.1) is 0 Å². The Hall–Kier alpha value is -14.2. The summed E-state index contributed by atoms with van der Waals surface area (Å²) < 4.78 is 6.49. The van der Waals surface area contributed by atoms with Crippen LogP contribution in [0.1, 0.15) is 11.1 Å². The molecule has 20 aromatic carbocycles. The summed E-state index contributed by atoms with van der Waals surface area (Å²) in [5, 5.41) is 15.6. The number of para-hydroxylation sites is 4. The Balaban J connectivity index is 0.000000125. The first-order chi connectivity index (χ1) is 58.9. The fourth-order valence-electron chi connectivity index (χ4n) is 18.4. The van der Waals surface area contributed by atoms with Crippen LogP contribution in [0.5, 0.6) is 0 Å². The summed E-state index contributed by atoms with van der Waals surface area (Å²) >= 11 is 7.22. The molecule has 0 bridgehead atoms. The van der Waals surface area contributed by atoms with Crippen molar-refractivity contribution in [3.8, 4) is 66.8 Å². The molecule has 0 amide bonds. The van der Waals surface area contributed by atoms with Crippen molar-refractivity contribution in [1.29, 1.82) is 0 Å². The average Bonchev–Trinajstić information content (AvgIpc) is 1.18. The summed E-state index contributed by atoms with van der Waals surface area (Å²) in [4.78, 5) is 7.27. The molecule has 3 nitrogen and oxygen atoms in total. The third-order valence-corrected chi connectivity index (χ3v) is 26.5.